The maximum absolute atomic E-state index is 12.3. The normalized spacial score (nSPS) is 17.4. The summed E-state index contributed by atoms with van der Waals surface area (Å²) in [6.45, 7) is 10.0. The first-order valence-corrected chi connectivity index (χ1v) is 6.69. The maximum Gasteiger partial charge on any atom is 0.319 e. The van der Waals surface area contributed by atoms with Crippen molar-refractivity contribution in [3.05, 3.63) is 0 Å². The molecule has 1 aliphatic rings. The summed E-state index contributed by atoms with van der Waals surface area (Å²) in [4.78, 5) is 16.3. The van der Waals surface area contributed by atoms with Crippen LogP contribution in [0.3, 0.4) is 0 Å². The molecule has 3 heteroatoms. The van der Waals surface area contributed by atoms with E-state index >= 15 is 0 Å². The van der Waals surface area contributed by atoms with Gasteiger partial charge in [0, 0.05) is 26.2 Å². The van der Waals surface area contributed by atoms with E-state index in [2.05, 4.69) is 20.8 Å². The molecule has 94 valence electrons. The summed E-state index contributed by atoms with van der Waals surface area (Å²) in [6, 6.07) is 0.248. The SMILES string of the molecule is CCN(CC(C)C)C(=O)N1CCCCCC1. The summed E-state index contributed by atoms with van der Waals surface area (Å²) < 4.78 is 0. The highest BCUT2D eigenvalue weighted by Gasteiger charge is 2.20. The summed E-state index contributed by atoms with van der Waals surface area (Å²) >= 11 is 0. The van der Waals surface area contributed by atoms with Crippen molar-refractivity contribution >= 4 is 6.03 Å². The molecule has 3 nitrogen and oxygen atoms in total. The Balaban J connectivity index is 2.51. The van der Waals surface area contributed by atoms with Gasteiger partial charge < -0.3 is 9.80 Å². The van der Waals surface area contributed by atoms with Crippen LogP contribution in [0, 0.1) is 5.92 Å². The minimum absolute atomic E-state index is 0.248. The van der Waals surface area contributed by atoms with E-state index in [1.807, 2.05) is 9.80 Å². The third-order valence-corrected chi connectivity index (χ3v) is 3.11. The molecular formula is C13H26N2O. The number of urea groups is 1. The Bertz CT molecular complexity index is 204. The van der Waals surface area contributed by atoms with Crippen LogP contribution in [-0.2, 0) is 0 Å². The second-order valence-corrected chi connectivity index (χ2v) is 5.12. The quantitative estimate of drug-likeness (QED) is 0.725. The lowest BCUT2D eigenvalue weighted by molar-refractivity contribution is 0.151. The van der Waals surface area contributed by atoms with E-state index in [0.717, 1.165) is 26.2 Å². The molecule has 0 bridgehead atoms. The fourth-order valence-corrected chi connectivity index (χ4v) is 2.25. The Morgan fingerprint density at radius 2 is 1.75 bits per heavy atom. The van der Waals surface area contributed by atoms with Crippen LogP contribution in [0.15, 0.2) is 0 Å². The van der Waals surface area contributed by atoms with Crippen molar-refractivity contribution in [3.63, 3.8) is 0 Å². The monoisotopic (exact) mass is 226 g/mol. The summed E-state index contributed by atoms with van der Waals surface area (Å²) in [5, 5.41) is 0. The van der Waals surface area contributed by atoms with E-state index in [4.69, 9.17) is 0 Å². The molecule has 0 spiro atoms. The van der Waals surface area contributed by atoms with Gasteiger partial charge in [0.2, 0.25) is 0 Å². The molecule has 0 atom stereocenters. The Hall–Kier alpha value is -0.730. The van der Waals surface area contributed by atoms with Gasteiger partial charge in [0.05, 0.1) is 0 Å². The summed E-state index contributed by atoms with van der Waals surface area (Å²) in [6.07, 6.45) is 4.90. The van der Waals surface area contributed by atoms with Gasteiger partial charge in [0.15, 0.2) is 0 Å². The first-order valence-electron chi connectivity index (χ1n) is 6.69. The van der Waals surface area contributed by atoms with Crippen LogP contribution in [0.4, 0.5) is 4.79 Å². The van der Waals surface area contributed by atoms with Crippen molar-refractivity contribution < 1.29 is 4.79 Å². The van der Waals surface area contributed by atoms with Gasteiger partial charge in [-0.05, 0) is 25.7 Å². The molecule has 1 fully saturated rings. The predicted octanol–water partition coefficient (Wildman–Crippen LogP) is 2.96. The number of rotatable bonds is 3. The average molecular weight is 226 g/mol. The molecule has 1 heterocycles. The van der Waals surface area contributed by atoms with Gasteiger partial charge in [-0.15, -0.1) is 0 Å². The summed E-state index contributed by atoms with van der Waals surface area (Å²) in [5.41, 5.74) is 0. The second-order valence-electron chi connectivity index (χ2n) is 5.12. The molecule has 2 amide bonds. The Morgan fingerprint density at radius 1 is 1.19 bits per heavy atom. The topological polar surface area (TPSA) is 23.6 Å². The van der Waals surface area contributed by atoms with E-state index < -0.39 is 0 Å². The van der Waals surface area contributed by atoms with E-state index in [9.17, 15) is 4.79 Å². The second kappa shape index (κ2) is 6.77. The van der Waals surface area contributed by atoms with E-state index in [1.54, 1.807) is 0 Å². The van der Waals surface area contributed by atoms with Crippen molar-refractivity contribution in [1.29, 1.82) is 0 Å². The largest absolute Gasteiger partial charge is 0.325 e. The minimum atomic E-state index is 0.248. The zero-order valence-electron chi connectivity index (χ0n) is 11.0. The van der Waals surface area contributed by atoms with E-state index in [-0.39, 0.29) is 6.03 Å². The van der Waals surface area contributed by atoms with Crippen LogP contribution in [0.5, 0.6) is 0 Å². The molecule has 0 aliphatic carbocycles. The Labute approximate surface area is 99.8 Å². The molecule has 0 saturated carbocycles. The predicted molar refractivity (Wildman–Crippen MR) is 67.5 cm³/mol. The molecule has 16 heavy (non-hydrogen) atoms. The molecule has 0 N–H and O–H groups in total. The smallest absolute Gasteiger partial charge is 0.319 e. The van der Waals surface area contributed by atoms with Crippen LogP contribution in [0.25, 0.3) is 0 Å². The lowest BCUT2D eigenvalue weighted by Gasteiger charge is -2.30. The molecular weight excluding hydrogens is 200 g/mol. The van der Waals surface area contributed by atoms with Crippen molar-refractivity contribution in [2.75, 3.05) is 26.2 Å². The Kier molecular flexibility index (Phi) is 5.64. The molecule has 1 aliphatic heterocycles. The number of hydrogen-bond donors (Lipinski definition) is 0. The number of nitrogens with zero attached hydrogens (tertiary/aromatic N) is 2. The third kappa shape index (κ3) is 4.03. The van der Waals surface area contributed by atoms with Crippen molar-refractivity contribution in [3.8, 4) is 0 Å². The lowest BCUT2D eigenvalue weighted by atomic mass is 10.2. The van der Waals surface area contributed by atoms with Gasteiger partial charge in [0.1, 0.15) is 0 Å². The zero-order chi connectivity index (χ0) is 12.0. The fraction of sp³-hybridized carbons (Fsp3) is 0.923. The summed E-state index contributed by atoms with van der Waals surface area (Å²) in [5.74, 6) is 0.552. The van der Waals surface area contributed by atoms with Crippen LogP contribution < -0.4 is 0 Å². The summed E-state index contributed by atoms with van der Waals surface area (Å²) in [7, 11) is 0. The van der Waals surface area contributed by atoms with E-state index in [0.29, 0.717) is 5.92 Å². The van der Waals surface area contributed by atoms with Gasteiger partial charge in [-0.3, -0.25) is 0 Å². The molecule has 1 saturated heterocycles. The Morgan fingerprint density at radius 3 is 2.19 bits per heavy atom. The number of carbonyl (C=O) groups excluding carboxylic acids is 1. The number of carbonyl (C=O) groups is 1. The number of likely N-dealkylation sites (tertiary alicyclic amines) is 1. The van der Waals surface area contributed by atoms with Gasteiger partial charge in [-0.2, -0.15) is 0 Å². The van der Waals surface area contributed by atoms with Gasteiger partial charge in [-0.1, -0.05) is 26.7 Å². The highest BCUT2D eigenvalue weighted by molar-refractivity contribution is 5.74. The standard InChI is InChI=1S/C13H26N2O/c1-4-14(11-12(2)3)13(16)15-9-7-5-6-8-10-15/h12H,4-11H2,1-3H3. The first-order chi connectivity index (χ1) is 7.65. The van der Waals surface area contributed by atoms with Crippen LogP contribution in [0.1, 0.15) is 46.5 Å². The third-order valence-electron chi connectivity index (χ3n) is 3.11. The van der Waals surface area contributed by atoms with E-state index in [1.165, 1.54) is 25.7 Å². The molecule has 0 radical (unpaired) electrons. The number of hydrogen-bond acceptors (Lipinski definition) is 1. The lowest BCUT2D eigenvalue weighted by Crippen LogP contribution is -2.44. The highest BCUT2D eigenvalue weighted by Crippen LogP contribution is 2.12. The van der Waals surface area contributed by atoms with Crippen LogP contribution in [0.2, 0.25) is 0 Å². The van der Waals surface area contributed by atoms with Crippen LogP contribution >= 0.6 is 0 Å². The average Bonchev–Trinajstić information content (AvgIpc) is 2.53. The van der Waals surface area contributed by atoms with Gasteiger partial charge >= 0.3 is 6.03 Å². The first kappa shape index (κ1) is 13.3. The number of amides is 2. The van der Waals surface area contributed by atoms with Gasteiger partial charge in [0.25, 0.3) is 0 Å². The van der Waals surface area contributed by atoms with Crippen molar-refractivity contribution in [2.24, 2.45) is 5.92 Å². The fourth-order valence-electron chi connectivity index (χ4n) is 2.25. The highest BCUT2D eigenvalue weighted by atomic mass is 16.2. The minimum Gasteiger partial charge on any atom is -0.325 e. The molecule has 0 unspecified atom stereocenters. The molecule has 1 rings (SSSR count). The zero-order valence-corrected chi connectivity index (χ0v) is 11.0. The van der Waals surface area contributed by atoms with Crippen molar-refractivity contribution in [2.45, 2.75) is 46.5 Å². The van der Waals surface area contributed by atoms with Gasteiger partial charge in [-0.25, -0.2) is 4.79 Å². The van der Waals surface area contributed by atoms with Crippen LogP contribution in [-0.4, -0.2) is 42.0 Å². The van der Waals surface area contributed by atoms with Crippen molar-refractivity contribution in [1.82, 2.24) is 9.80 Å². The molecule has 0 aromatic carbocycles. The maximum atomic E-state index is 12.3. The molecule has 0 aromatic rings. The molecule has 0 aromatic heterocycles.